The lowest BCUT2D eigenvalue weighted by Crippen LogP contribution is -2.31. The Morgan fingerprint density at radius 1 is 1.22 bits per heavy atom. The van der Waals surface area contributed by atoms with Crippen LogP contribution in [-0.4, -0.2) is 50.6 Å². The summed E-state index contributed by atoms with van der Waals surface area (Å²) in [7, 11) is 0. The van der Waals surface area contributed by atoms with Gasteiger partial charge in [-0.25, -0.2) is 15.0 Å². The monoisotopic (exact) mass is 366 g/mol. The highest BCUT2D eigenvalue weighted by Crippen LogP contribution is 2.30. The van der Waals surface area contributed by atoms with Crippen LogP contribution in [0.5, 0.6) is 0 Å². The molecule has 0 bridgehead atoms. The smallest absolute Gasteiger partial charge is 0.322 e. The molecule has 1 saturated heterocycles. The lowest BCUT2D eigenvalue weighted by Gasteiger charge is -2.27. The average molecular weight is 366 g/mol. The third-order valence-electron chi connectivity index (χ3n) is 4.71. The first-order valence-electron chi connectivity index (χ1n) is 9.15. The zero-order valence-electron chi connectivity index (χ0n) is 15.2. The van der Waals surface area contributed by atoms with Crippen LogP contribution < -0.4 is 10.2 Å². The van der Waals surface area contributed by atoms with Gasteiger partial charge in [-0.2, -0.15) is 0 Å². The number of nitrogens with zero attached hydrogens (tertiary/aromatic N) is 4. The van der Waals surface area contributed by atoms with E-state index in [0.29, 0.717) is 11.5 Å². The number of rotatable bonds is 5. The number of carboxylic acids is 1. The Balaban J connectivity index is 1.77. The van der Waals surface area contributed by atoms with Gasteiger partial charge in [0.15, 0.2) is 0 Å². The highest BCUT2D eigenvalue weighted by Gasteiger charge is 2.17. The van der Waals surface area contributed by atoms with Crippen LogP contribution >= 0.6 is 0 Å². The van der Waals surface area contributed by atoms with Gasteiger partial charge in [0, 0.05) is 35.9 Å². The molecule has 1 aliphatic rings. The molecule has 0 atom stereocenters. The molecule has 4 rings (SSSR count). The fourth-order valence-corrected chi connectivity index (χ4v) is 3.43. The van der Waals surface area contributed by atoms with Crippen molar-refractivity contribution >= 4 is 28.8 Å². The van der Waals surface area contributed by atoms with Gasteiger partial charge in [0.2, 0.25) is 5.95 Å². The van der Waals surface area contributed by atoms with E-state index in [0.717, 1.165) is 54.2 Å². The number of carbonyl (C=O) groups is 1. The molecule has 0 radical (unpaired) electrons. The Morgan fingerprint density at radius 3 is 2.81 bits per heavy atom. The number of hydrogen-bond acceptors (Lipinski definition) is 6. The standard InChI is InChI=1S/C19H22N6O2/c1-12-9-15(23-19(22-12)25-7-3-2-4-8-25)14-10-16(21-11-17(26)27)24-18-13(14)5-6-20-18/h5-6,9-10H,2-4,7-8,11H2,1H3,(H,26,27)(H2,20,21,24). The topological polar surface area (TPSA) is 107 Å². The van der Waals surface area contributed by atoms with Gasteiger partial charge in [0.05, 0.1) is 5.69 Å². The SMILES string of the molecule is Cc1cc(-c2cc(NCC(=O)O)nc3[nH]ccc23)nc(N2CCCCC2)n1. The molecule has 0 unspecified atom stereocenters. The van der Waals surface area contributed by atoms with Crippen molar-refractivity contribution in [3.8, 4) is 11.3 Å². The van der Waals surface area contributed by atoms with Crippen molar-refractivity contribution in [3.05, 3.63) is 30.1 Å². The van der Waals surface area contributed by atoms with E-state index < -0.39 is 5.97 Å². The van der Waals surface area contributed by atoms with Crippen LogP contribution in [-0.2, 0) is 4.79 Å². The number of fused-ring (bicyclic) bond motifs is 1. The molecule has 3 aromatic rings. The molecule has 8 nitrogen and oxygen atoms in total. The van der Waals surface area contributed by atoms with E-state index in [2.05, 4.69) is 25.2 Å². The molecular formula is C19H22N6O2. The zero-order valence-corrected chi connectivity index (χ0v) is 15.2. The number of nitrogens with one attached hydrogen (secondary N) is 2. The molecule has 3 N–H and O–H groups in total. The molecule has 0 aliphatic carbocycles. The van der Waals surface area contributed by atoms with Crippen molar-refractivity contribution in [3.63, 3.8) is 0 Å². The second kappa shape index (κ2) is 7.22. The van der Waals surface area contributed by atoms with E-state index in [1.165, 1.54) is 6.42 Å². The molecule has 1 fully saturated rings. The molecule has 0 saturated carbocycles. The Bertz CT molecular complexity index is 977. The Morgan fingerprint density at radius 2 is 2.04 bits per heavy atom. The normalized spacial score (nSPS) is 14.5. The Kier molecular flexibility index (Phi) is 4.62. The number of hydrogen-bond donors (Lipinski definition) is 3. The minimum absolute atomic E-state index is 0.194. The second-order valence-corrected chi connectivity index (χ2v) is 6.78. The maximum Gasteiger partial charge on any atom is 0.322 e. The van der Waals surface area contributed by atoms with E-state index in [9.17, 15) is 4.79 Å². The molecule has 140 valence electrons. The number of carboxylic acid groups (broad SMARTS) is 1. The van der Waals surface area contributed by atoms with E-state index in [4.69, 9.17) is 10.1 Å². The quantitative estimate of drug-likeness (QED) is 0.637. The highest BCUT2D eigenvalue weighted by molar-refractivity contribution is 5.94. The summed E-state index contributed by atoms with van der Waals surface area (Å²) in [6.07, 6.45) is 5.39. The van der Waals surface area contributed by atoms with Gasteiger partial charge in [-0.15, -0.1) is 0 Å². The van der Waals surface area contributed by atoms with Crippen molar-refractivity contribution in [1.29, 1.82) is 0 Å². The summed E-state index contributed by atoms with van der Waals surface area (Å²) in [4.78, 5) is 30.1. The van der Waals surface area contributed by atoms with Crippen LogP contribution in [0.3, 0.4) is 0 Å². The third-order valence-corrected chi connectivity index (χ3v) is 4.71. The van der Waals surface area contributed by atoms with Gasteiger partial charge in [0.25, 0.3) is 0 Å². The van der Waals surface area contributed by atoms with Gasteiger partial charge in [0.1, 0.15) is 18.0 Å². The van der Waals surface area contributed by atoms with Gasteiger partial charge < -0.3 is 20.3 Å². The fraction of sp³-hybridized carbons (Fsp3) is 0.368. The molecule has 1 aliphatic heterocycles. The Hall–Kier alpha value is -3.16. The van der Waals surface area contributed by atoms with Crippen molar-refractivity contribution < 1.29 is 9.90 Å². The first-order valence-corrected chi connectivity index (χ1v) is 9.15. The third kappa shape index (κ3) is 3.69. The number of piperidine rings is 1. The largest absolute Gasteiger partial charge is 0.480 e. The van der Waals surface area contributed by atoms with Gasteiger partial charge in [-0.1, -0.05) is 0 Å². The minimum Gasteiger partial charge on any atom is -0.480 e. The number of aromatic amines is 1. The number of pyridine rings is 1. The predicted octanol–water partition coefficient (Wildman–Crippen LogP) is 2.82. The number of aliphatic carboxylic acids is 1. The number of anilines is 2. The van der Waals surface area contributed by atoms with E-state index in [1.54, 1.807) is 0 Å². The molecule has 0 amide bonds. The van der Waals surface area contributed by atoms with Crippen LogP contribution in [0.4, 0.5) is 11.8 Å². The van der Waals surface area contributed by atoms with Crippen LogP contribution in [0, 0.1) is 6.92 Å². The van der Waals surface area contributed by atoms with Crippen LogP contribution in [0.2, 0.25) is 0 Å². The number of aromatic nitrogens is 4. The van der Waals surface area contributed by atoms with Crippen molar-refractivity contribution in [2.75, 3.05) is 29.9 Å². The second-order valence-electron chi connectivity index (χ2n) is 6.78. The van der Waals surface area contributed by atoms with Crippen molar-refractivity contribution in [2.24, 2.45) is 0 Å². The van der Waals surface area contributed by atoms with Crippen molar-refractivity contribution in [1.82, 2.24) is 19.9 Å². The summed E-state index contributed by atoms with van der Waals surface area (Å²) < 4.78 is 0. The fourth-order valence-electron chi connectivity index (χ4n) is 3.43. The van der Waals surface area contributed by atoms with Gasteiger partial charge in [-0.05, 0) is 44.4 Å². The lowest BCUT2D eigenvalue weighted by molar-refractivity contribution is -0.134. The van der Waals surface area contributed by atoms with Crippen LogP contribution in [0.15, 0.2) is 24.4 Å². The van der Waals surface area contributed by atoms with E-state index in [-0.39, 0.29) is 6.54 Å². The summed E-state index contributed by atoms with van der Waals surface area (Å²) in [5, 5.41) is 12.7. The molecule has 0 spiro atoms. The predicted molar refractivity (Wildman–Crippen MR) is 104 cm³/mol. The molecular weight excluding hydrogens is 344 g/mol. The molecule has 0 aromatic carbocycles. The molecule has 4 heterocycles. The summed E-state index contributed by atoms with van der Waals surface area (Å²) >= 11 is 0. The summed E-state index contributed by atoms with van der Waals surface area (Å²) in [6, 6.07) is 5.76. The maximum atomic E-state index is 10.9. The minimum atomic E-state index is -0.935. The van der Waals surface area contributed by atoms with E-state index in [1.807, 2.05) is 31.3 Å². The summed E-state index contributed by atoms with van der Waals surface area (Å²) in [6.45, 7) is 3.73. The first-order chi connectivity index (χ1) is 13.1. The molecule has 27 heavy (non-hydrogen) atoms. The van der Waals surface area contributed by atoms with Gasteiger partial charge in [-0.3, -0.25) is 4.79 Å². The molecule has 8 heteroatoms. The zero-order chi connectivity index (χ0) is 18.8. The first kappa shape index (κ1) is 17.3. The van der Waals surface area contributed by atoms with Crippen molar-refractivity contribution in [2.45, 2.75) is 26.2 Å². The lowest BCUT2D eigenvalue weighted by atomic mass is 10.1. The summed E-state index contributed by atoms with van der Waals surface area (Å²) in [5.41, 5.74) is 3.31. The van der Waals surface area contributed by atoms with Crippen LogP contribution in [0.1, 0.15) is 25.0 Å². The molecule has 3 aromatic heterocycles. The summed E-state index contributed by atoms with van der Waals surface area (Å²) in [5.74, 6) is 0.318. The highest BCUT2D eigenvalue weighted by atomic mass is 16.4. The maximum absolute atomic E-state index is 10.9. The Labute approximate surface area is 156 Å². The van der Waals surface area contributed by atoms with Gasteiger partial charge >= 0.3 is 5.97 Å². The number of H-pyrrole nitrogens is 1. The van der Waals surface area contributed by atoms with E-state index >= 15 is 0 Å². The number of aryl methyl sites for hydroxylation is 1. The van der Waals surface area contributed by atoms with Crippen LogP contribution in [0.25, 0.3) is 22.3 Å². The average Bonchev–Trinajstić information content (AvgIpc) is 3.14.